The lowest BCUT2D eigenvalue weighted by molar-refractivity contribution is 0.165. The standard InChI is InChI=1S/C5H12NO2/c1-4(8)5(6)2-3-7/h4-5,7-8H,1-3,6H2. The highest BCUT2D eigenvalue weighted by Gasteiger charge is 2.06. The van der Waals surface area contributed by atoms with Crippen molar-refractivity contribution in [1.82, 2.24) is 0 Å². The lowest BCUT2D eigenvalue weighted by Gasteiger charge is -2.11. The fraction of sp³-hybridized carbons (Fsp3) is 0.800. The Morgan fingerprint density at radius 1 is 1.62 bits per heavy atom. The molecule has 0 aliphatic heterocycles. The highest BCUT2D eigenvalue weighted by Crippen LogP contribution is 1.91. The van der Waals surface area contributed by atoms with Gasteiger partial charge in [0, 0.05) is 12.6 Å². The molecule has 3 nitrogen and oxygen atoms in total. The van der Waals surface area contributed by atoms with Crippen LogP contribution in [-0.4, -0.2) is 29.0 Å². The van der Waals surface area contributed by atoms with Gasteiger partial charge in [0.2, 0.25) is 0 Å². The molecule has 0 rings (SSSR count). The van der Waals surface area contributed by atoms with Crippen LogP contribution in [0.2, 0.25) is 0 Å². The number of rotatable bonds is 3. The van der Waals surface area contributed by atoms with Crippen molar-refractivity contribution in [2.24, 2.45) is 5.73 Å². The third-order valence-corrected chi connectivity index (χ3v) is 0.957. The van der Waals surface area contributed by atoms with E-state index in [-0.39, 0.29) is 12.6 Å². The first kappa shape index (κ1) is 7.88. The van der Waals surface area contributed by atoms with Crippen LogP contribution in [0, 0.1) is 6.92 Å². The second kappa shape index (κ2) is 3.83. The summed E-state index contributed by atoms with van der Waals surface area (Å²) in [6, 6.07) is -0.389. The van der Waals surface area contributed by atoms with Gasteiger partial charge in [0.15, 0.2) is 0 Å². The fourth-order valence-corrected chi connectivity index (χ4v) is 0.341. The highest BCUT2D eigenvalue weighted by molar-refractivity contribution is 4.72. The van der Waals surface area contributed by atoms with Crippen LogP contribution in [0.5, 0.6) is 0 Å². The van der Waals surface area contributed by atoms with Crippen LogP contribution in [-0.2, 0) is 0 Å². The molecule has 4 N–H and O–H groups in total. The predicted molar refractivity (Wildman–Crippen MR) is 31.0 cm³/mol. The molecule has 3 heteroatoms. The van der Waals surface area contributed by atoms with Crippen molar-refractivity contribution < 1.29 is 10.2 Å². The Kier molecular flexibility index (Phi) is 3.77. The Labute approximate surface area is 49.1 Å². The summed E-state index contributed by atoms with van der Waals surface area (Å²) in [7, 11) is 0. The summed E-state index contributed by atoms with van der Waals surface area (Å²) in [4.78, 5) is 0. The summed E-state index contributed by atoms with van der Waals surface area (Å²) < 4.78 is 0. The predicted octanol–water partition coefficient (Wildman–Crippen LogP) is -1.11. The molecule has 0 aliphatic rings. The average molecular weight is 118 g/mol. The van der Waals surface area contributed by atoms with E-state index in [4.69, 9.17) is 15.9 Å². The Morgan fingerprint density at radius 3 is 2.25 bits per heavy atom. The molecular weight excluding hydrogens is 106 g/mol. The van der Waals surface area contributed by atoms with Crippen molar-refractivity contribution in [3.63, 3.8) is 0 Å². The van der Waals surface area contributed by atoms with E-state index in [9.17, 15) is 0 Å². The number of hydrogen-bond acceptors (Lipinski definition) is 3. The maximum atomic E-state index is 8.60. The van der Waals surface area contributed by atoms with E-state index in [2.05, 4.69) is 6.92 Å². The van der Waals surface area contributed by atoms with Crippen molar-refractivity contribution >= 4 is 0 Å². The van der Waals surface area contributed by atoms with Crippen molar-refractivity contribution in [3.05, 3.63) is 6.92 Å². The van der Waals surface area contributed by atoms with Gasteiger partial charge in [0.05, 0.1) is 6.10 Å². The molecule has 2 unspecified atom stereocenters. The van der Waals surface area contributed by atoms with E-state index < -0.39 is 6.10 Å². The first-order valence-corrected chi connectivity index (χ1v) is 2.56. The Morgan fingerprint density at radius 2 is 2.12 bits per heavy atom. The van der Waals surface area contributed by atoms with Gasteiger partial charge in [-0.2, -0.15) is 0 Å². The molecule has 49 valence electrons. The third-order valence-electron chi connectivity index (χ3n) is 0.957. The first-order valence-electron chi connectivity index (χ1n) is 2.56. The van der Waals surface area contributed by atoms with Crippen LogP contribution >= 0.6 is 0 Å². The van der Waals surface area contributed by atoms with Gasteiger partial charge in [-0.3, -0.25) is 0 Å². The van der Waals surface area contributed by atoms with E-state index in [1.165, 1.54) is 0 Å². The lowest BCUT2D eigenvalue weighted by atomic mass is 10.1. The minimum atomic E-state index is -0.762. The normalized spacial score (nSPS) is 18.0. The molecule has 0 saturated carbocycles. The van der Waals surface area contributed by atoms with Crippen molar-refractivity contribution in [3.8, 4) is 0 Å². The smallest absolute Gasteiger partial charge is 0.0692 e. The summed E-state index contributed by atoms with van der Waals surface area (Å²) >= 11 is 0. The molecular formula is C5H12NO2. The zero-order valence-electron chi connectivity index (χ0n) is 4.75. The lowest BCUT2D eigenvalue weighted by Crippen LogP contribution is -2.33. The third kappa shape index (κ3) is 2.96. The SMILES string of the molecule is [CH2]C(O)C(N)CCO. The zero-order chi connectivity index (χ0) is 6.57. The molecule has 8 heavy (non-hydrogen) atoms. The van der Waals surface area contributed by atoms with E-state index in [1.54, 1.807) is 0 Å². The molecule has 0 aromatic rings. The van der Waals surface area contributed by atoms with Gasteiger partial charge in [-0.05, 0) is 13.3 Å². The monoisotopic (exact) mass is 118 g/mol. The van der Waals surface area contributed by atoms with Crippen LogP contribution in [0.25, 0.3) is 0 Å². The Hall–Kier alpha value is -0.120. The largest absolute Gasteiger partial charge is 0.396 e. The van der Waals surface area contributed by atoms with Gasteiger partial charge in [0.1, 0.15) is 0 Å². The molecule has 1 radical (unpaired) electrons. The van der Waals surface area contributed by atoms with Crippen LogP contribution in [0.15, 0.2) is 0 Å². The topological polar surface area (TPSA) is 66.5 Å². The van der Waals surface area contributed by atoms with Crippen molar-refractivity contribution in [1.29, 1.82) is 0 Å². The van der Waals surface area contributed by atoms with Crippen LogP contribution in [0.4, 0.5) is 0 Å². The van der Waals surface area contributed by atoms with E-state index in [1.807, 2.05) is 0 Å². The van der Waals surface area contributed by atoms with Crippen molar-refractivity contribution in [2.75, 3.05) is 6.61 Å². The minimum Gasteiger partial charge on any atom is -0.396 e. The highest BCUT2D eigenvalue weighted by atomic mass is 16.3. The van der Waals surface area contributed by atoms with Gasteiger partial charge < -0.3 is 15.9 Å². The minimum absolute atomic E-state index is 0.00769. The number of hydrogen-bond donors (Lipinski definition) is 3. The summed E-state index contributed by atoms with van der Waals surface area (Å²) in [6.45, 7) is 3.28. The molecule has 2 atom stereocenters. The Bertz CT molecular complexity index is 56.4. The summed E-state index contributed by atoms with van der Waals surface area (Å²) in [5, 5.41) is 16.9. The van der Waals surface area contributed by atoms with Gasteiger partial charge in [-0.15, -0.1) is 0 Å². The molecule has 0 heterocycles. The number of nitrogens with two attached hydrogens (primary N) is 1. The van der Waals surface area contributed by atoms with Gasteiger partial charge in [-0.25, -0.2) is 0 Å². The maximum absolute atomic E-state index is 8.60. The van der Waals surface area contributed by atoms with E-state index >= 15 is 0 Å². The quantitative estimate of drug-likeness (QED) is 0.440. The summed E-state index contributed by atoms with van der Waals surface area (Å²) in [6.07, 6.45) is -0.354. The molecule has 0 amide bonds. The molecule has 0 spiro atoms. The second-order valence-electron chi connectivity index (χ2n) is 1.74. The average Bonchev–Trinajstić information content (AvgIpc) is 1.67. The maximum Gasteiger partial charge on any atom is 0.0692 e. The van der Waals surface area contributed by atoms with Gasteiger partial charge in [-0.1, -0.05) is 0 Å². The second-order valence-corrected chi connectivity index (χ2v) is 1.74. The Balaban J connectivity index is 3.17. The number of aliphatic hydroxyl groups excluding tert-OH is 2. The first-order chi connectivity index (χ1) is 3.68. The van der Waals surface area contributed by atoms with Gasteiger partial charge in [0.25, 0.3) is 0 Å². The van der Waals surface area contributed by atoms with E-state index in [0.717, 1.165) is 0 Å². The van der Waals surface area contributed by atoms with Crippen LogP contribution in [0.3, 0.4) is 0 Å². The zero-order valence-corrected chi connectivity index (χ0v) is 4.75. The van der Waals surface area contributed by atoms with Crippen LogP contribution in [0.1, 0.15) is 6.42 Å². The molecule has 0 aliphatic carbocycles. The molecule has 0 fully saturated rings. The molecule has 0 saturated heterocycles. The van der Waals surface area contributed by atoms with Crippen molar-refractivity contribution in [2.45, 2.75) is 18.6 Å². The molecule has 0 aromatic heterocycles. The number of aliphatic hydroxyl groups is 2. The molecule has 0 aromatic carbocycles. The van der Waals surface area contributed by atoms with Gasteiger partial charge >= 0.3 is 0 Å². The summed E-state index contributed by atoms with van der Waals surface area (Å²) in [5.41, 5.74) is 5.25. The van der Waals surface area contributed by atoms with E-state index in [0.29, 0.717) is 6.42 Å². The van der Waals surface area contributed by atoms with Crippen LogP contribution < -0.4 is 5.73 Å². The molecule has 0 bridgehead atoms. The summed E-state index contributed by atoms with van der Waals surface area (Å²) in [5.74, 6) is 0. The fourth-order valence-electron chi connectivity index (χ4n) is 0.341.